The molecule has 0 aromatic carbocycles. The fourth-order valence-corrected chi connectivity index (χ4v) is 1.83. The first kappa shape index (κ1) is 12.8. The molecule has 0 saturated carbocycles. The van der Waals surface area contributed by atoms with Gasteiger partial charge in [-0.2, -0.15) is 12.7 Å². The monoisotopic (exact) mass is 225 g/mol. The highest BCUT2D eigenvalue weighted by Gasteiger charge is 2.17. The Morgan fingerprint density at radius 1 is 1.62 bits per heavy atom. The predicted octanol–water partition coefficient (Wildman–Crippen LogP) is -0.551. The molecular weight excluding hydrogens is 210 g/mol. The number of hydrogen-bond donors (Lipinski definition) is 2. The van der Waals surface area contributed by atoms with Crippen LogP contribution < -0.4 is 10.5 Å². The van der Waals surface area contributed by atoms with Gasteiger partial charge in [-0.25, -0.2) is 4.72 Å². The molecule has 0 aromatic heterocycles. The Balaban J connectivity index is 4.27. The summed E-state index contributed by atoms with van der Waals surface area (Å²) in [5, 5.41) is 0. The maximum atomic E-state index is 11.3. The molecule has 0 rings (SSSR count). The van der Waals surface area contributed by atoms with Crippen molar-refractivity contribution in [3.8, 4) is 0 Å². The van der Waals surface area contributed by atoms with Crippen LogP contribution in [0.15, 0.2) is 0 Å². The molecule has 0 aliphatic heterocycles. The summed E-state index contributed by atoms with van der Waals surface area (Å²) in [6, 6.07) is 0. The first-order valence-electron chi connectivity index (χ1n) is 3.91. The Kier molecular flexibility index (Phi) is 5.38. The zero-order valence-corrected chi connectivity index (χ0v) is 9.41. The minimum absolute atomic E-state index is 0.324. The molecule has 0 spiro atoms. The molecule has 0 radical (unpaired) electrons. The van der Waals surface area contributed by atoms with E-state index in [4.69, 9.17) is 5.73 Å². The average molecular weight is 225 g/mol. The molecule has 0 aliphatic carbocycles. The zero-order chi connectivity index (χ0) is 10.5. The first-order chi connectivity index (χ1) is 5.94. The lowest BCUT2D eigenvalue weighted by Crippen LogP contribution is -2.40. The van der Waals surface area contributed by atoms with Crippen LogP contribution in [0, 0.1) is 0 Å². The van der Waals surface area contributed by atoms with Crippen molar-refractivity contribution in [3.05, 3.63) is 0 Å². The van der Waals surface area contributed by atoms with Crippen molar-refractivity contribution in [1.29, 1.82) is 0 Å². The Morgan fingerprint density at radius 2 is 2.15 bits per heavy atom. The molecule has 78 valence electrons. The van der Waals surface area contributed by atoms with Gasteiger partial charge in [-0.15, -0.1) is 0 Å². The largest absolute Gasteiger partial charge is 0.393 e. The van der Waals surface area contributed by atoms with Gasteiger partial charge in [0.15, 0.2) is 0 Å². The lowest BCUT2D eigenvalue weighted by Gasteiger charge is -2.18. The predicted molar refractivity (Wildman–Crippen MR) is 56.6 cm³/mol. The molecule has 13 heavy (non-hydrogen) atoms. The lowest BCUT2D eigenvalue weighted by atomic mass is 10.4. The van der Waals surface area contributed by atoms with Crippen LogP contribution in [-0.4, -0.2) is 37.8 Å². The number of nitrogens with zero attached hydrogens (tertiary/aromatic N) is 1. The van der Waals surface area contributed by atoms with E-state index in [1.807, 2.05) is 0 Å². The summed E-state index contributed by atoms with van der Waals surface area (Å²) < 4.78 is 26.1. The third-order valence-electron chi connectivity index (χ3n) is 1.56. The molecule has 0 saturated heterocycles. The number of rotatable bonds is 6. The van der Waals surface area contributed by atoms with Gasteiger partial charge in [0.2, 0.25) is 0 Å². The molecule has 0 amide bonds. The van der Waals surface area contributed by atoms with Crippen molar-refractivity contribution in [1.82, 2.24) is 9.03 Å². The average Bonchev–Trinajstić information content (AvgIpc) is 2.04. The van der Waals surface area contributed by atoms with Crippen molar-refractivity contribution >= 4 is 27.4 Å². The van der Waals surface area contributed by atoms with E-state index in [1.165, 1.54) is 11.4 Å². The number of nitrogens with one attached hydrogen (secondary N) is 1. The van der Waals surface area contributed by atoms with Gasteiger partial charge in [0.1, 0.15) is 0 Å². The fourth-order valence-electron chi connectivity index (χ4n) is 0.812. The van der Waals surface area contributed by atoms with Crippen LogP contribution in [0.5, 0.6) is 0 Å². The molecule has 0 aliphatic rings. The molecule has 7 heteroatoms. The molecule has 0 aromatic rings. The summed E-state index contributed by atoms with van der Waals surface area (Å²) in [6.07, 6.45) is 0.407. The number of hydrogen-bond acceptors (Lipinski definition) is 3. The molecule has 5 nitrogen and oxygen atoms in total. The highest BCUT2D eigenvalue weighted by Crippen LogP contribution is 1.98. The SMILES string of the molecule is CCN(CCC(N)=S)S(=O)(=O)NC. The van der Waals surface area contributed by atoms with Crippen LogP contribution in [0.2, 0.25) is 0 Å². The Labute approximate surface area is 84.5 Å². The van der Waals surface area contributed by atoms with E-state index in [1.54, 1.807) is 6.92 Å². The maximum absolute atomic E-state index is 11.3. The van der Waals surface area contributed by atoms with Gasteiger partial charge in [0, 0.05) is 26.6 Å². The summed E-state index contributed by atoms with van der Waals surface area (Å²) in [7, 11) is -1.96. The highest BCUT2D eigenvalue weighted by atomic mass is 32.2. The quantitative estimate of drug-likeness (QED) is 0.595. The van der Waals surface area contributed by atoms with E-state index in [9.17, 15) is 8.42 Å². The Hall–Kier alpha value is -0.240. The summed E-state index contributed by atoms with van der Waals surface area (Å²) in [5.41, 5.74) is 5.27. The lowest BCUT2D eigenvalue weighted by molar-refractivity contribution is 0.431. The molecule has 0 fully saturated rings. The third-order valence-corrected chi connectivity index (χ3v) is 3.40. The second-order valence-electron chi connectivity index (χ2n) is 2.42. The van der Waals surface area contributed by atoms with Crippen LogP contribution in [0.4, 0.5) is 0 Å². The molecular formula is C6H15N3O2S2. The van der Waals surface area contributed by atoms with Crippen LogP contribution in [0.3, 0.4) is 0 Å². The Morgan fingerprint density at radius 3 is 2.46 bits per heavy atom. The number of thiocarbonyl (C=S) groups is 1. The van der Waals surface area contributed by atoms with E-state index in [0.717, 1.165) is 0 Å². The molecule has 0 atom stereocenters. The molecule has 0 heterocycles. The third kappa shape index (κ3) is 4.51. The van der Waals surface area contributed by atoms with Crippen molar-refractivity contribution in [3.63, 3.8) is 0 Å². The normalized spacial score (nSPS) is 11.9. The van der Waals surface area contributed by atoms with Gasteiger partial charge in [-0.3, -0.25) is 0 Å². The van der Waals surface area contributed by atoms with Gasteiger partial charge in [0.25, 0.3) is 10.2 Å². The summed E-state index contributed by atoms with van der Waals surface area (Å²) in [5.74, 6) is 0. The van der Waals surface area contributed by atoms with E-state index in [0.29, 0.717) is 24.5 Å². The van der Waals surface area contributed by atoms with Gasteiger partial charge in [0.05, 0.1) is 4.99 Å². The van der Waals surface area contributed by atoms with Crippen molar-refractivity contribution < 1.29 is 8.42 Å². The van der Waals surface area contributed by atoms with Crippen LogP contribution in [0.1, 0.15) is 13.3 Å². The van der Waals surface area contributed by atoms with E-state index in [-0.39, 0.29) is 0 Å². The first-order valence-corrected chi connectivity index (χ1v) is 5.75. The highest BCUT2D eigenvalue weighted by molar-refractivity contribution is 7.87. The Bertz CT molecular complexity index is 263. The van der Waals surface area contributed by atoms with Crippen LogP contribution in [0.25, 0.3) is 0 Å². The van der Waals surface area contributed by atoms with Crippen molar-refractivity contribution in [2.24, 2.45) is 5.73 Å². The second kappa shape index (κ2) is 5.48. The maximum Gasteiger partial charge on any atom is 0.279 e. The van der Waals surface area contributed by atoms with Gasteiger partial charge < -0.3 is 5.73 Å². The smallest absolute Gasteiger partial charge is 0.279 e. The zero-order valence-electron chi connectivity index (χ0n) is 7.78. The minimum Gasteiger partial charge on any atom is -0.393 e. The molecule has 0 bridgehead atoms. The van der Waals surface area contributed by atoms with E-state index >= 15 is 0 Å². The summed E-state index contributed by atoms with van der Waals surface area (Å²) in [6.45, 7) is 2.50. The van der Waals surface area contributed by atoms with Gasteiger partial charge in [-0.05, 0) is 0 Å². The minimum atomic E-state index is -3.34. The van der Waals surface area contributed by atoms with Crippen molar-refractivity contribution in [2.45, 2.75) is 13.3 Å². The van der Waals surface area contributed by atoms with Crippen LogP contribution >= 0.6 is 12.2 Å². The molecule has 3 N–H and O–H groups in total. The standard InChI is InChI=1S/C6H15N3O2S2/c1-3-9(5-4-6(7)12)13(10,11)8-2/h8H,3-5H2,1-2H3,(H2,7,12). The van der Waals surface area contributed by atoms with Crippen molar-refractivity contribution in [2.75, 3.05) is 20.1 Å². The van der Waals surface area contributed by atoms with E-state index < -0.39 is 10.2 Å². The fraction of sp³-hybridized carbons (Fsp3) is 0.833. The molecule has 0 unspecified atom stereocenters. The van der Waals surface area contributed by atoms with E-state index in [2.05, 4.69) is 16.9 Å². The number of nitrogens with two attached hydrogens (primary N) is 1. The second-order valence-corrected chi connectivity index (χ2v) is 4.82. The van der Waals surface area contributed by atoms with Gasteiger partial charge in [-0.1, -0.05) is 19.1 Å². The van der Waals surface area contributed by atoms with Gasteiger partial charge >= 0.3 is 0 Å². The topological polar surface area (TPSA) is 75.4 Å². The van der Waals surface area contributed by atoms with Crippen LogP contribution in [-0.2, 0) is 10.2 Å². The summed E-state index contributed by atoms with van der Waals surface area (Å²) >= 11 is 4.66. The summed E-state index contributed by atoms with van der Waals surface area (Å²) in [4.78, 5) is 0.324.